The van der Waals surface area contributed by atoms with Crippen molar-refractivity contribution in [3.05, 3.63) is 46.9 Å². The van der Waals surface area contributed by atoms with Crippen LogP contribution in [-0.4, -0.2) is 74.0 Å². The molecule has 0 bridgehead atoms. The normalized spacial score (nSPS) is 19.6. The van der Waals surface area contributed by atoms with E-state index < -0.39 is 0 Å². The first-order valence-electron chi connectivity index (χ1n) is 10.7. The van der Waals surface area contributed by atoms with E-state index in [0.29, 0.717) is 28.4 Å². The SMILES string of the molecule is CN1CCC(N(C)C(=O)C[C@@H]2CSc3nc4c(cnn4-c4ccccc4)c(=O)n32)CC1. The number of rotatable bonds is 4. The Morgan fingerprint density at radius 1 is 1.23 bits per heavy atom. The third kappa shape index (κ3) is 3.65. The van der Waals surface area contributed by atoms with Crippen molar-refractivity contribution >= 4 is 28.7 Å². The fraction of sp³-hybridized carbons (Fsp3) is 0.455. The quantitative estimate of drug-likeness (QED) is 0.581. The number of para-hydroxylation sites is 1. The highest BCUT2D eigenvalue weighted by molar-refractivity contribution is 7.99. The fourth-order valence-corrected chi connectivity index (χ4v) is 5.60. The van der Waals surface area contributed by atoms with E-state index in [-0.39, 0.29) is 23.6 Å². The smallest absolute Gasteiger partial charge is 0.265 e. The first-order valence-corrected chi connectivity index (χ1v) is 11.6. The molecule has 2 aromatic heterocycles. The molecule has 0 spiro atoms. The van der Waals surface area contributed by atoms with Gasteiger partial charge in [0.05, 0.1) is 17.9 Å². The van der Waals surface area contributed by atoms with Gasteiger partial charge in [0, 0.05) is 25.3 Å². The van der Waals surface area contributed by atoms with Crippen molar-refractivity contribution in [1.82, 2.24) is 29.1 Å². The van der Waals surface area contributed by atoms with Gasteiger partial charge in [0.2, 0.25) is 5.91 Å². The molecule has 0 unspecified atom stereocenters. The van der Waals surface area contributed by atoms with Gasteiger partial charge in [-0.25, -0.2) is 9.67 Å². The minimum absolute atomic E-state index is 0.0972. The predicted molar refractivity (Wildman–Crippen MR) is 121 cm³/mol. The Balaban J connectivity index is 1.40. The van der Waals surface area contributed by atoms with Crippen molar-refractivity contribution in [2.45, 2.75) is 36.5 Å². The highest BCUT2D eigenvalue weighted by Crippen LogP contribution is 2.34. The van der Waals surface area contributed by atoms with Gasteiger partial charge >= 0.3 is 0 Å². The van der Waals surface area contributed by atoms with E-state index in [0.717, 1.165) is 31.6 Å². The standard InChI is InChI=1S/C22H26N6O2S/c1-25-10-8-15(9-11-25)26(2)19(29)12-17-14-31-22-24-20-18(21(30)27(17)22)13-23-28(20)16-6-4-3-5-7-16/h3-7,13,15,17H,8-12,14H2,1-2H3/t17-/m1/s1. The van der Waals surface area contributed by atoms with Crippen molar-refractivity contribution in [1.29, 1.82) is 0 Å². The molecule has 1 aromatic carbocycles. The molecular weight excluding hydrogens is 412 g/mol. The van der Waals surface area contributed by atoms with E-state index in [1.165, 1.54) is 11.8 Å². The highest BCUT2D eigenvalue weighted by Gasteiger charge is 2.32. The molecule has 2 aliphatic rings. The number of benzene rings is 1. The van der Waals surface area contributed by atoms with Crippen LogP contribution in [0.1, 0.15) is 25.3 Å². The van der Waals surface area contributed by atoms with Crippen molar-refractivity contribution in [3.63, 3.8) is 0 Å². The minimum atomic E-state index is -0.175. The lowest BCUT2D eigenvalue weighted by molar-refractivity contribution is -0.133. The lowest BCUT2D eigenvalue weighted by Crippen LogP contribution is -2.45. The summed E-state index contributed by atoms with van der Waals surface area (Å²) in [5, 5.41) is 5.55. The second kappa shape index (κ2) is 8.12. The van der Waals surface area contributed by atoms with E-state index in [1.807, 2.05) is 42.3 Å². The Bertz CT molecular complexity index is 1170. The van der Waals surface area contributed by atoms with Crippen molar-refractivity contribution in [2.24, 2.45) is 0 Å². The Morgan fingerprint density at radius 3 is 2.71 bits per heavy atom. The maximum atomic E-state index is 13.3. The van der Waals surface area contributed by atoms with Crippen molar-refractivity contribution in [2.75, 3.05) is 32.9 Å². The predicted octanol–water partition coefficient (Wildman–Crippen LogP) is 2.17. The minimum Gasteiger partial charge on any atom is -0.343 e. The molecule has 0 saturated carbocycles. The number of carbonyl (C=O) groups is 1. The molecule has 0 radical (unpaired) electrons. The van der Waals surface area contributed by atoms with Crippen LogP contribution in [0.25, 0.3) is 16.7 Å². The molecule has 31 heavy (non-hydrogen) atoms. The molecule has 2 aliphatic heterocycles. The number of thioether (sulfide) groups is 1. The van der Waals surface area contributed by atoms with E-state index in [2.05, 4.69) is 17.0 Å². The van der Waals surface area contributed by atoms with Gasteiger partial charge in [-0.05, 0) is 45.1 Å². The summed E-state index contributed by atoms with van der Waals surface area (Å²) in [7, 11) is 4.01. The van der Waals surface area contributed by atoms with E-state index in [4.69, 9.17) is 4.98 Å². The van der Waals surface area contributed by atoms with Crippen LogP contribution in [0, 0.1) is 0 Å². The number of hydrogen-bond acceptors (Lipinski definition) is 6. The molecular formula is C22H26N6O2S. The molecule has 0 aliphatic carbocycles. The van der Waals surface area contributed by atoms with Gasteiger partial charge in [-0.1, -0.05) is 30.0 Å². The van der Waals surface area contributed by atoms with Crippen molar-refractivity contribution < 1.29 is 4.79 Å². The number of amides is 1. The van der Waals surface area contributed by atoms with Gasteiger partial charge in [0.15, 0.2) is 10.8 Å². The molecule has 1 amide bonds. The topological polar surface area (TPSA) is 76.3 Å². The summed E-state index contributed by atoms with van der Waals surface area (Å²) in [5.74, 6) is 0.778. The monoisotopic (exact) mass is 438 g/mol. The molecule has 4 heterocycles. The number of fused-ring (bicyclic) bond motifs is 2. The van der Waals surface area contributed by atoms with Crippen LogP contribution < -0.4 is 5.56 Å². The van der Waals surface area contributed by atoms with Crippen molar-refractivity contribution in [3.8, 4) is 5.69 Å². The van der Waals surface area contributed by atoms with Crippen LogP contribution in [-0.2, 0) is 4.79 Å². The lowest BCUT2D eigenvalue weighted by Gasteiger charge is -2.35. The van der Waals surface area contributed by atoms with Gasteiger partial charge in [-0.3, -0.25) is 14.2 Å². The van der Waals surface area contributed by atoms with Gasteiger partial charge in [-0.2, -0.15) is 5.10 Å². The summed E-state index contributed by atoms with van der Waals surface area (Å²) in [4.78, 5) is 35.2. The van der Waals surface area contributed by atoms with E-state index in [1.54, 1.807) is 15.4 Å². The van der Waals surface area contributed by atoms with Gasteiger partial charge < -0.3 is 9.80 Å². The summed E-state index contributed by atoms with van der Waals surface area (Å²) in [6, 6.07) is 9.78. The van der Waals surface area contributed by atoms with Gasteiger partial charge in [-0.15, -0.1) is 0 Å². The molecule has 3 aromatic rings. The zero-order valence-electron chi connectivity index (χ0n) is 17.8. The highest BCUT2D eigenvalue weighted by atomic mass is 32.2. The fourth-order valence-electron chi connectivity index (χ4n) is 4.47. The molecule has 1 fully saturated rings. The van der Waals surface area contributed by atoms with Crippen LogP contribution in [0.4, 0.5) is 0 Å². The summed E-state index contributed by atoms with van der Waals surface area (Å²) in [6.07, 6.45) is 3.89. The Morgan fingerprint density at radius 2 is 1.97 bits per heavy atom. The largest absolute Gasteiger partial charge is 0.343 e. The summed E-state index contributed by atoms with van der Waals surface area (Å²) >= 11 is 1.54. The number of hydrogen-bond donors (Lipinski definition) is 0. The molecule has 5 rings (SSSR count). The summed E-state index contributed by atoms with van der Waals surface area (Å²) in [6.45, 7) is 2.02. The average Bonchev–Trinajstić information content (AvgIpc) is 3.39. The van der Waals surface area contributed by atoms with Gasteiger partial charge in [0.1, 0.15) is 5.39 Å². The second-order valence-electron chi connectivity index (χ2n) is 8.41. The van der Waals surface area contributed by atoms with E-state index >= 15 is 0 Å². The van der Waals surface area contributed by atoms with Crippen LogP contribution >= 0.6 is 11.8 Å². The maximum absolute atomic E-state index is 13.3. The molecule has 9 heteroatoms. The number of carbonyl (C=O) groups excluding carboxylic acids is 1. The summed E-state index contributed by atoms with van der Waals surface area (Å²) in [5.41, 5.74) is 1.31. The summed E-state index contributed by atoms with van der Waals surface area (Å²) < 4.78 is 3.40. The van der Waals surface area contributed by atoms with Crippen LogP contribution in [0.5, 0.6) is 0 Å². The number of nitrogens with zero attached hydrogens (tertiary/aromatic N) is 6. The van der Waals surface area contributed by atoms with Crippen LogP contribution in [0.3, 0.4) is 0 Å². The first kappa shape index (κ1) is 20.3. The molecule has 8 nitrogen and oxygen atoms in total. The Kier molecular flexibility index (Phi) is 5.31. The number of piperidine rings is 1. The number of aromatic nitrogens is 4. The third-order valence-electron chi connectivity index (χ3n) is 6.41. The lowest BCUT2D eigenvalue weighted by atomic mass is 10.0. The molecule has 1 saturated heterocycles. The van der Waals surface area contributed by atoms with Crippen LogP contribution in [0.2, 0.25) is 0 Å². The molecule has 1 atom stereocenters. The molecule has 0 N–H and O–H groups in total. The van der Waals surface area contributed by atoms with Crippen LogP contribution in [0.15, 0.2) is 46.5 Å². The van der Waals surface area contributed by atoms with E-state index in [9.17, 15) is 9.59 Å². The maximum Gasteiger partial charge on any atom is 0.265 e. The zero-order valence-corrected chi connectivity index (χ0v) is 18.6. The zero-order chi connectivity index (χ0) is 21.5. The second-order valence-corrected chi connectivity index (χ2v) is 9.39. The molecule has 162 valence electrons. The Labute approximate surface area is 184 Å². The average molecular weight is 439 g/mol. The first-order chi connectivity index (χ1) is 15.0. The Hall–Kier alpha value is -2.65. The van der Waals surface area contributed by atoms with Gasteiger partial charge in [0.25, 0.3) is 5.56 Å². The number of likely N-dealkylation sites (tertiary alicyclic amines) is 1. The third-order valence-corrected chi connectivity index (χ3v) is 7.51.